The monoisotopic (exact) mass is 336 g/mol. The first-order valence-corrected chi connectivity index (χ1v) is 8.30. The van der Waals surface area contributed by atoms with Crippen LogP contribution in [-0.2, 0) is 4.79 Å². The molecule has 1 aliphatic carbocycles. The van der Waals surface area contributed by atoms with Crippen LogP contribution in [0.5, 0.6) is 0 Å². The average Bonchev–Trinajstić information content (AvgIpc) is 2.73. The number of carbonyl (C=O) groups excluding carboxylic acids is 1. The van der Waals surface area contributed by atoms with Crippen molar-refractivity contribution in [2.45, 2.75) is 50.7 Å². The van der Waals surface area contributed by atoms with E-state index in [1.165, 1.54) is 6.42 Å². The summed E-state index contributed by atoms with van der Waals surface area (Å²) in [7, 11) is 0. The Morgan fingerprint density at radius 1 is 1.35 bits per heavy atom. The van der Waals surface area contributed by atoms with Crippen LogP contribution in [0.4, 0.5) is 0 Å². The molecule has 3 nitrogen and oxygen atoms in total. The number of benzene rings is 1. The second kappa shape index (κ2) is 5.49. The molecule has 1 unspecified atom stereocenters. The Kier molecular flexibility index (Phi) is 3.87. The summed E-state index contributed by atoms with van der Waals surface area (Å²) in [5.41, 5.74) is 0.860. The molecule has 1 atom stereocenters. The lowest BCUT2D eigenvalue weighted by atomic mass is 9.81. The van der Waals surface area contributed by atoms with Gasteiger partial charge in [0.1, 0.15) is 6.17 Å². The highest BCUT2D eigenvalue weighted by molar-refractivity contribution is 9.10. The predicted molar refractivity (Wildman–Crippen MR) is 83.2 cm³/mol. The molecular formula is C16H21BrN2O. The number of amides is 1. The van der Waals surface area contributed by atoms with Crippen molar-refractivity contribution in [1.29, 1.82) is 0 Å². The van der Waals surface area contributed by atoms with E-state index in [9.17, 15) is 4.79 Å². The number of nitrogens with zero attached hydrogens (tertiary/aromatic N) is 1. The van der Waals surface area contributed by atoms with E-state index in [1.54, 1.807) is 0 Å². The van der Waals surface area contributed by atoms with Crippen LogP contribution < -0.4 is 5.32 Å². The fourth-order valence-corrected chi connectivity index (χ4v) is 3.99. The number of carbonyl (C=O) groups is 1. The molecule has 20 heavy (non-hydrogen) atoms. The molecule has 1 saturated carbocycles. The van der Waals surface area contributed by atoms with Crippen LogP contribution in [-0.4, -0.2) is 22.9 Å². The maximum absolute atomic E-state index is 12.8. The van der Waals surface area contributed by atoms with E-state index in [0.29, 0.717) is 5.91 Å². The fourth-order valence-electron chi connectivity index (χ4n) is 3.57. The lowest BCUT2D eigenvalue weighted by Crippen LogP contribution is -2.48. The quantitative estimate of drug-likeness (QED) is 0.894. The van der Waals surface area contributed by atoms with Gasteiger partial charge in [0.05, 0.1) is 5.54 Å². The molecule has 2 fully saturated rings. The SMILES string of the molecule is CCN1C(=O)C2(CCCCC2)NC1c1cccc(Br)c1. The highest BCUT2D eigenvalue weighted by Crippen LogP contribution is 2.39. The molecule has 1 heterocycles. The van der Waals surface area contributed by atoms with Crippen LogP contribution >= 0.6 is 15.9 Å². The van der Waals surface area contributed by atoms with Gasteiger partial charge in [0, 0.05) is 11.0 Å². The standard InChI is InChI=1S/C16H21BrN2O/c1-2-19-14(12-7-6-8-13(17)11-12)18-16(15(19)20)9-4-3-5-10-16/h6-8,11,14,18H,2-5,9-10H2,1H3. The first kappa shape index (κ1) is 14.1. The van der Waals surface area contributed by atoms with Crippen molar-refractivity contribution in [3.63, 3.8) is 0 Å². The van der Waals surface area contributed by atoms with E-state index in [1.807, 2.05) is 17.0 Å². The van der Waals surface area contributed by atoms with Gasteiger partial charge < -0.3 is 4.90 Å². The zero-order valence-corrected chi connectivity index (χ0v) is 13.4. The Morgan fingerprint density at radius 3 is 2.75 bits per heavy atom. The van der Waals surface area contributed by atoms with Gasteiger partial charge in [-0.05, 0) is 37.5 Å². The smallest absolute Gasteiger partial charge is 0.244 e. The Labute approximate surface area is 128 Å². The Bertz CT molecular complexity index is 511. The zero-order chi connectivity index (χ0) is 14.2. The fraction of sp³-hybridized carbons (Fsp3) is 0.562. The van der Waals surface area contributed by atoms with Crippen molar-refractivity contribution >= 4 is 21.8 Å². The maximum atomic E-state index is 12.8. The van der Waals surface area contributed by atoms with Crippen molar-refractivity contribution in [1.82, 2.24) is 10.2 Å². The number of rotatable bonds is 2. The average molecular weight is 337 g/mol. The highest BCUT2D eigenvalue weighted by Gasteiger charge is 2.50. The number of likely N-dealkylation sites (N-methyl/N-ethyl adjacent to an activating group) is 1. The Balaban J connectivity index is 1.93. The minimum absolute atomic E-state index is 0.0168. The molecule has 1 saturated heterocycles. The largest absolute Gasteiger partial charge is 0.322 e. The van der Waals surface area contributed by atoms with Gasteiger partial charge in [-0.15, -0.1) is 0 Å². The number of hydrogen-bond donors (Lipinski definition) is 1. The van der Waals surface area contributed by atoms with Gasteiger partial charge >= 0.3 is 0 Å². The summed E-state index contributed by atoms with van der Waals surface area (Å²) in [6.07, 6.45) is 5.54. The van der Waals surface area contributed by atoms with Crippen LogP contribution in [0.25, 0.3) is 0 Å². The summed E-state index contributed by atoms with van der Waals surface area (Å²) < 4.78 is 1.06. The van der Waals surface area contributed by atoms with Crippen LogP contribution in [0.3, 0.4) is 0 Å². The summed E-state index contributed by atoms with van der Waals surface area (Å²) in [6.45, 7) is 2.82. The van der Waals surface area contributed by atoms with E-state index in [-0.39, 0.29) is 11.7 Å². The van der Waals surface area contributed by atoms with Crippen molar-refractivity contribution in [3.05, 3.63) is 34.3 Å². The molecule has 1 amide bonds. The van der Waals surface area contributed by atoms with Crippen molar-refractivity contribution in [2.75, 3.05) is 6.54 Å². The summed E-state index contributed by atoms with van der Waals surface area (Å²) in [4.78, 5) is 14.8. The first-order valence-electron chi connectivity index (χ1n) is 7.50. The lowest BCUT2D eigenvalue weighted by Gasteiger charge is -2.31. The van der Waals surface area contributed by atoms with E-state index < -0.39 is 0 Å². The van der Waals surface area contributed by atoms with Crippen LogP contribution in [0.1, 0.15) is 50.8 Å². The summed E-state index contributed by atoms with van der Waals surface area (Å²) in [5.74, 6) is 0.296. The maximum Gasteiger partial charge on any atom is 0.244 e. The van der Waals surface area contributed by atoms with Gasteiger partial charge in [-0.1, -0.05) is 47.3 Å². The van der Waals surface area contributed by atoms with Gasteiger partial charge in [0.25, 0.3) is 0 Å². The zero-order valence-electron chi connectivity index (χ0n) is 11.9. The molecule has 1 aliphatic heterocycles. The predicted octanol–water partition coefficient (Wildman–Crippen LogP) is 3.60. The second-order valence-corrected chi connectivity index (χ2v) is 6.75. The van der Waals surface area contributed by atoms with E-state index in [2.05, 4.69) is 40.3 Å². The molecule has 108 valence electrons. The molecule has 0 bridgehead atoms. The molecule has 2 aliphatic rings. The Morgan fingerprint density at radius 2 is 2.10 bits per heavy atom. The number of hydrogen-bond acceptors (Lipinski definition) is 2. The van der Waals surface area contributed by atoms with Crippen LogP contribution in [0.15, 0.2) is 28.7 Å². The van der Waals surface area contributed by atoms with E-state index >= 15 is 0 Å². The summed E-state index contributed by atoms with van der Waals surface area (Å²) in [5, 5.41) is 3.66. The highest BCUT2D eigenvalue weighted by atomic mass is 79.9. The molecular weight excluding hydrogens is 316 g/mol. The third-order valence-corrected chi connectivity index (χ3v) is 5.10. The number of halogens is 1. The molecule has 0 aromatic heterocycles. The second-order valence-electron chi connectivity index (χ2n) is 5.84. The minimum atomic E-state index is -0.304. The third kappa shape index (κ3) is 2.29. The molecule has 1 N–H and O–H groups in total. The first-order chi connectivity index (χ1) is 9.66. The van der Waals surface area contributed by atoms with Crippen LogP contribution in [0, 0.1) is 0 Å². The van der Waals surface area contributed by atoms with E-state index in [0.717, 1.165) is 42.3 Å². The minimum Gasteiger partial charge on any atom is -0.322 e. The molecule has 1 aromatic carbocycles. The summed E-state index contributed by atoms with van der Waals surface area (Å²) in [6, 6.07) is 8.26. The topological polar surface area (TPSA) is 32.3 Å². The van der Waals surface area contributed by atoms with Gasteiger partial charge in [-0.25, -0.2) is 0 Å². The normalized spacial score (nSPS) is 25.4. The van der Waals surface area contributed by atoms with Crippen LogP contribution in [0.2, 0.25) is 0 Å². The van der Waals surface area contributed by atoms with E-state index in [4.69, 9.17) is 0 Å². The van der Waals surface area contributed by atoms with Crippen molar-refractivity contribution in [2.24, 2.45) is 0 Å². The van der Waals surface area contributed by atoms with Gasteiger partial charge in [0.2, 0.25) is 5.91 Å². The molecule has 4 heteroatoms. The van der Waals surface area contributed by atoms with Gasteiger partial charge in [0.15, 0.2) is 0 Å². The van der Waals surface area contributed by atoms with Crippen molar-refractivity contribution < 1.29 is 4.79 Å². The number of nitrogens with one attached hydrogen (secondary N) is 1. The Hall–Kier alpha value is -0.870. The van der Waals surface area contributed by atoms with Gasteiger partial charge in [-0.2, -0.15) is 0 Å². The van der Waals surface area contributed by atoms with Gasteiger partial charge in [-0.3, -0.25) is 10.1 Å². The van der Waals surface area contributed by atoms with Crippen molar-refractivity contribution in [3.8, 4) is 0 Å². The molecule has 3 rings (SSSR count). The molecule has 1 aromatic rings. The summed E-state index contributed by atoms with van der Waals surface area (Å²) >= 11 is 3.52. The third-order valence-electron chi connectivity index (χ3n) is 4.61. The molecule has 1 spiro atoms. The molecule has 0 radical (unpaired) electrons. The lowest BCUT2D eigenvalue weighted by molar-refractivity contribution is -0.134.